The average molecular weight is 364 g/mol. The van der Waals surface area contributed by atoms with E-state index >= 15 is 0 Å². The summed E-state index contributed by atoms with van der Waals surface area (Å²) in [5.41, 5.74) is 2.63. The molecule has 132 valence electrons. The molecule has 1 N–H and O–H groups in total. The van der Waals surface area contributed by atoms with Crippen molar-refractivity contribution in [1.82, 2.24) is 5.32 Å². The minimum Gasteiger partial charge on any atom is -0.494 e. The summed E-state index contributed by atoms with van der Waals surface area (Å²) < 4.78 is 5.71. The summed E-state index contributed by atoms with van der Waals surface area (Å²) in [5, 5.41) is 13.3. The molecule has 0 radical (unpaired) electrons. The molecule has 0 fully saturated rings. The Morgan fingerprint density at radius 2 is 1.92 bits per heavy atom. The molecule has 2 aromatic rings. The predicted octanol–water partition coefficient (Wildman–Crippen LogP) is 4.36. The fourth-order valence-corrected chi connectivity index (χ4v) is 4.02. The summed E-state index contributed by atoms with van der Waals surface area (Å²) in [6.07, 6.45) is 0.252. The van der Waals surface area contributed by atoms with Gasteiger partial charge in [-0.1, -0.05) is 48.5 Å². The van der Waals surface area contributed by atoms with Gasteiger partial charge in [0.25, 0.3) is 0 Å². The number of benzene rings is 2. The van der Waals surface area contributed by atoms with Crippen LogP contribution >= 0.6 is 11.8 Å². The zero-order chi connectivity index (χ0) is 18.4. The van der Waals surface area contributed by atoms with Crippen molar-refractivity contribution >= 4 is 17.7 Å². The molecule has 0 aromatic heterocycles. The molecule has 0 unspecified atom stereocenters. The zero-order valence-electron chi connectivity index (χ0n) is 14.6. The van der Waals surface area contributed by atoms with Crippen LogP contribution in [0.25, 0.3) is 0 Å². The molecule has 4 nitrogen and oxygen atoms in total. The first-order chi connectivity index (χ1) is 12.7. The Balaban J connectivity index is 1.92. The van der Waals surface area contributed by atoms with E-state index in [0.29, 0.717) is 23.0 Å². The standard InChI is InChI=1S/C21H20N2O2S/c1-2-25-19-11-7-6-10-16(19)17-12-20(24)23-21(18(17)13-22)26-14-15-8-4-3-5-9-15/h3-11,17H,2,12,14H2,1H3,(H,23,24)/t17-/m1/s1. The fourth-order valence-electron chi connectivity index (χ4n) is 2.98. The number of hydrogen-bond donors (Lipinski definition) is 1. The highest BCUT2D eigenvalue weighted by Crippen LogP contribution is 2.40. The van der Waals surface area contributed by atoms with Crippen LogP contribution in [0.5, 0.6) is 5.75 Å². The maximum Gasteiger partial charge on any atom is 0.225 e. The van der Waals surface area contributed by atoms with Crippen LogP contribution in [0.1, 0.15) is 30.4 Å². The van der Waals surface area contributed by atoms with E-state index in [9.17, 15) is 10.1 Å². The monoisotopic (exact) mass is 364 g/mol. The summed E-state index contributed by atoms with van der Waals surface area (Å²) in [6, 6.07) is 20.0. The van der Waals surface area contributed by atoms with E-state index in [0.717, 1.165) is 16.9 Å². The van der Waals surface area contributed by atoms with Crippen LogP contribution in [0, 0.1) is 11.3 Å². The van der Waals surface area contributed by atoms with Crippen molar-refractivity contribution in [2.45, 2.75) is 25.0 Å². The lowest BCUT2D eigenvalue weighted by Gasteiger charge is -2.26. The Labute approximate surface area is 157 Å². The van der Waals surface area contributed by atoms with Crippen molar-refractivity contribution in [2.75, 3.05) is 6.61 Å². The van der Waals surface area contributed by atoms with Gasteiger partial charge in [-0.25, -0.2) is 0 Å². The predicted molar refractivity (Wildman–Crippen MR) is 103 cm³/mol. The molecule has 1 aliphatic rings. The summed E-state index contributed by atoms with van der Waals surface area (Å²) in [6.45, 7) is 2.46. The maximum atomic E-state index is 12.3. The van der Waals surface area contributed by atoms with Gasteiger partial charge in [0.15, 0.2) is 0 Å². The van der Waals surface area contributed by atoms with Gasteiger partial charge in [-0.3, -0.25) is 4.79 Å². The molecular weight excluding hydrogens is 344 g/mol. The molecule has 0 aliphatic carbocycles. The Hall–Kier alpha value is -2.71. The second-order valence-electron chi connectivity index (χ2n) is 5.90. The van der Waals surface area contributed by atoms with E-state index < -0.39 is 0 Å². The van der Waals surface area contributed by atoms with Crippen molar-refractivity contribution in [3.8, 4) is 11.8 Å². The van der Waals surface area contributed by atoms with Crippen molar-refractivity contribution in [3.63, 3.8) is 0 Å². The summed E-state index contributed by atoms with van der Waals surface area (Å²) >= 11 is 1.49. The quantitative estimate of drug-likeness (QED) is 0.827. The highest BCUT2D eigenvalue weighted by atomic mass is 32.2. The molecular formula is C21H20N2O2S. The smallest absolute Gasteiger partial charge is 0.225 e. The van der Waals surface area contributed by atoms with E-state index in [2.05, 4.69) is 11.4 Å². The van der Waals surface area contributed by atoms with Gasteiger partial charge in [0.05, 0.1) is 23.3 Å². The highest BCUT2D eigenvalue weighted by Gasteiger charge is 2.31. The van der Waals surface area contributed by atoms with Gasteiger partial charge < -0.3 is 10.1 Å². The minimum absolute atomic E-state index is 0.0733. The number of allylic oxidation sites excluding steroid dienone is 1. The number of nitriles is 1. The van der Waals surface area contributed by atoms with E-state index in [1.54, 1.807) is 0 Å². The minimum atomic E-state index is -0.283. The molecule has 0 bridgehead atoms. The lowest BCUT2D eigenvalue weighted by Crippen LogP contribution is -2.31. The average Bonchev–Trinajstić information content (AvgIpc) is 2.67. The van der Waals surface area contributed by atoms with Gasteiger partial charge in [0.1, 0.15) is 5.75 Å². The van der Waals surface area contributed by atoms with Crippen LogP contribution in [0.3, 0.4) is 0 Å². The van der Waals surface area contributed by atoms with Crippen molar-refractivity contribution in [3.05, 3.63) is 76.3 Å². The van der Waals surface area contributed by atoms with Crippen LogP contribution in [-0.2, 0) is 10.5 Å². The first kappa shape index (κ1) is 18.1. The number of amides is 1. The molecule has 2 aromatic carbocycles. The van der Waals surface area contributed by atoms with Crippen molar-refractivity contribution < 1.29 is 9.53 Å². The molecule has 1 heterocycles. The number of thioether (sulfide) groups is 1. The SMILES string of the molecule is CCOc1ccccc1[C@H]1CC(=O)NC(SCc2ccccc2)=C1C#N. The Kier molecular flexibility index (Phi) is 5.98. The van der Waals surface area contributed by atoms with Gasteiger partial charge >= 0.3 is 0 Å². The molecule has 0 saturated carbocycles. The first-order valence-corrected chi connectivity index (χ1v) is 9.54. The largest absolute Gasteiger partial charge is 0.494 e. The van der Waals surface area contributed by atoms with Gasteiger partial charge in [-0.05, 0) is 18.6 Å². The third-order valence-corrected chi connectivity index (χ3v) is 5.26. The number of carbonyl (C=O) groups excluding carboxylic acids is 1. The van der Waals surface area contributed by atoms with E-state index in [4.69, 9.17) is 4.74 Å². The summed E-state index contributed by atoms with van der Waals surface area (Å²) in [4.78, 5) is 12.3. The Morgan fingerprint density at radius 3 is 2.65 bits per heavy atom. The molecule has 1 amide bonds. The lowest BCUT2D eigenvalue weighted by atomic mass is 9.86. The number of hydrogen-bond acceptors (Lipinski definition) is 4. The zero-order valence-corrected chi connectivity index (χ0v) is 15.4. The van der Waals surface area contributed by atoms with Gasteiger partial charge in [0, 0.05) is 23.7 Å². The number of rotatable bonds is 6. The molecule has 26 heavy (non-hydrogen) atoms. The molecule has 1 atom stereocenters. The number of para-hydroxylation sites is 1. The fraction of sp³-hybridized carbons (Fsp3) is 0.238. The lowest BCUT2D eigenvalue weighted by molar-refractivity contribution is -0.120. The number of ether oxygens (including phenoxy) is 1. The second-order valence-corrected chi connectivity index (χ2v) is 6.89. The summed E-state index contributed by atoms with van der Waals surface area (Å²) in [7, 11) is 0. The molecule has 0 spiro atoms. The Bertz CT molecular complexity index is 856. The topological polar surface area (TPSA) is 62.1 Å². The van der Waals surface area contributed by atoms with E-state index in [1.165, 1.54) is 11.8 Å². The first-order valence-electron chi connectivity index (χ1n) is 8.55. The third kappa shape index (κ3) is 4.09. The summed E-state index contributed by atoms with van der Waals surface area (Å²) in [5.74, 6) is 1.07. The number of carbonyl (C=O) groups is 1. The van der Waals surface area contributed by atoms with Crippen LogP contribution in [-0.4, -0.2) is 12.5 Å². The van der Waals surface area contributed by atoms with Gasteiger partial charge in [-0.2, -0.15) is 5.26 Å². The van der Waals surface area contributed by atoms with Crippen LogP contribution < -0.4 is 10.1 Å². The number of nitrogens with zero attached hydrogens (tertiary/aromatic N) is 1. The molecule has 5 heteroatoms. The van der Waals surface area contributed by atoms with Crippen molar-refractivity contribution in [1.29, 1.82) is 5.26 Å². The van der Waals surface area contributed by atoms with Crippen LogP contribution in [0.15, 0.2) is 65.2 Å². The third-order valence-electron chi connectivity index (χ3n) is 4.18. The number of nitrogens with one attached hydrogen (secondary N) is 1. The second kappa shape index (κ2) is 8.59. The Morgan fingerprint density at radius 1 is 1.19 bits per heavy atom. The van der Waals surface area contributed by atoms with E-state index in [-0.39, 0.29) is 18.2 Å². The van der Waals surface area contributed by atoms with Crippen molar-refractivity contribution in [2.24, 2.45) is 0 Å². The highest BCUT2D eigenvalue weighted by molar-refractivity contribution is 8.02. The normalized spacial score (nSPS) is 16.8. The maximum absolute atomic E-state index is 12.3. The molecule has 3 rings (SSSR count). The van der Waals surface area contributed by atoms with Gasteiger partial charge in [-0.15, -0.1) is 11.8 Å². The molecule has 1 aliphatic heterocycles. The van der Waals surface area contributed by atoms with Crippen LogP contribution in [0.2, 0.25) is 0 Å². The van der Waals surface area contributed by atoms with Crippen LogP contribution in [0.4, 0.5) is 0 Å². The molecule has 0 saturated heterocycles. The van der Waals surface area contributed by atoms with Gasteiger partial charge in [0.2, 0.25) is 5.91 Å². The van der Waals surface area contributed by atoms with E-state index in [1.807, 2.05) is 61.5 Å².